The third-order valence-electron chi connectivity index (χ3n) is 8.64. The number of rotatable bonds is 11. The molecule has 0 saturated heterocycles. The molecule has 6 aromatic rings. The number of halogens is 3. The number of alkyl halides is 1. The van der Waals surface area contributed by atoms with E-state index in [1.807, 2.05) is 67.5 Å². The van der Waals surface area contributed by atoms with Gasteiger partial charge in [0.15, 0.2) is 0 Å². The van der Waals surface area contributed by atoms with E-state index < -0.39 is 19.0 Å². The second-order valence-corrected chi connectivity index (χ2v) is 15.3. The van der Waals surface area contributed by atoms with Crippen LogP contribution in [0.25, 0.3) is 22.5 Å². The maximum atomic E-state index is 12.9. The molecule has 0 aliphatic heterocycles. The molecule has 1 amide bonds. The molecule has 0 unspecified atom stereocenters. The third kappa shape index (κ3) is 14.1. The molecule has 0 aromatic carbocycles. The summed E-state index contributed by atoms with van der Waals surface area (Å²) in [7, 11) is 2.56. The SMILES string of the molecule is CC(C)Oc1nc(-c2cnn(C)c2)cc(C(=O)O)c1Cl.Cc1cc(C)c(CN)c(=O)[nH]1.Cc1cc(C)c(CNC(=O)c2cc(-c3cnn(C)c3)nc(OC(C)C)c2Cl)c(=O)[nH]1.[2H]CF. The predicted octanol–water partition coefficient (Wildman–Crippen LogP) is 6.81. The summed E-state index contributed by atoms with van der Waals surface area (Å²) in [4.78, 5) is 61.7. The number of hydrogen-bond acceptors (Lipinski definition) is 11. The first-order chi connectivity index (χ1) is 30.1. The number of amides is 1. The third-order valence-corrected chi connectivity index (χ3v) is 9.37. The number of carbonyl (C=O) groups excluding carboxylic acids is 1. The van der Waals surface area contributed by atoms with Crippen LogP contribution < -0.4 is 31.6 Å². The van der Waals surface area contributed by atoms with Gasteiger partial charge >= 0.3 is 5.97 Å². The largest absolute Gasteiger partial charge is 0.478 e. The van der Waals surface area contributed by atoms with Gasteiger partial charge in [0.25, 0.3) is 17.0 Å². The number of nitrogens with two attached hydrogens (primary N) is 1. The summed E-state index contributed by atoms with van der Waals surface area (Å²) in [5, 5.41) is 20.3. The minimum absolute atomic E-state index is 0.00107. The molecule has 0 saturated carbocycles. The van der Waals surface area contributed by atoms with Crippen LogP contribution in [0.3, 0.4) is 0 Å². The fraction of sp³-hybridized carbons (Fsp3) is 0.349. The van der Waals surface area contributed by atoms with Crippen molar-refractivity contribution in [3.63, 3.8) is 0 Å². The molecule has 0 atom stereocenters. The van der Waals surface area contributed by atoms with E-state index in [2.05, 4.69) is 35.5 Å². The number of carbonyl (C=O) groups is 2. The molecule has 0 radical (unpaired) electrons. The monoisotopic (exact) mass is 911 g/mol. The van der Waals surface area contributed by atoms with Crippen LogP contribution in [0.5, 0.6) is 11.8 Å². The van der Waals surface area contributed by atoms with E-state index in [-0.39, 0.29) is 62.8 Å². The summed E-state index contributed by atoms with van der Waals surface area (Å²) in [5.74, 6) is -1.28. The summed E-state index contributed by atoms with van der Waals surface area (Å²) >= 11 is 12.5. The molecule has 0 spiro atoms. The van der Waals surface area contributed by atoms with Crippen LogP contribution in [0.2, 0.25) is 10.0 Å². The zero-order valence-electron chi connectivity index (χ0n) is 37.7. The fourth-order valence-corrected chi connectivity index (χ4v) is 6.29. The number of aromatic nitrogens is 8. The minimum Gasteiger partial charge on any atom is -0.478 e. The van der Waals surface area contributed by atoms with Gasteiger partial charge in [0.05, 0.1) is 55.6 Å². The van der Waals surface area contributed by atoms with Gasteiger partial charge in [-0.3, -0.25) is 28.1 Å². The van der Waals surface area contributed by atoms with Gasteiger partial charge in [-0.2, -0.15) is 10.2 Å². The Morgan fingerprint density at radius 2 is 1.22 bits per heavy atom. The second-order valence-electron chi connectivity index (χ2n) is 14.6. The van der Waals surface area contributed by atoms with Crippen molar-refractivity contribution in [3.8, 4) is 34.3 Å². The van der Waals surface area contributed by atoms with E-state index in [4.69, 9.17) is 39.8 Å². The average molecular weight is 913 g/mol. The maximum absolute atomic E-state index is 12.9. The van der Waals surface area contributed by atoms with E-state index in [0.29, 0.717) is 34.6 Å². The van der Waals surface area contributed by atoms with Crippen LogP contribution in [0.15, 0.2) is 58.6 Å². The Morgan fingerprint density at radius 3 is 1.59 bits per heavy atom. The number of carboxylic acids is 1. The number of ether oxygens (including phenoxy) is 2. The number of carboxylic acid groups (broad SMARTS) is 1. The number of H-pyrrole nitrogens is 2. The van der Waals surface area contributed by atoms with Crippen LogP contribution in [0.4, 0.5) is 4.39 Å². The molecule has 0 bridgehead atoms. The van der Waals surface area contributed by atoms with Gasteiger partial charge in [0.2, 0.25) is 11.8 Å². The molecule has 6 aromatic heterocycles. The second kappa shape index (κ2) is 23.2. The van der Waals surface area contributed by atoms with Crippen molar-refractivity contribution >= 4 is 35.1 Å². The minimum atomic E-state index is -1.13. The molecule has 6 N–H and O–H groups in total. The lowest BCUT2D eigenvalue weighted by Crippen LogP contribution is -2.28. The zero-order chi connectivity index (χ0) is 48.0. The van der Waals surface area contributed by atoms with Gasteiger partial charge in [-0.15, -0.1) is 0 Å². The molecule has 0 fully saturated rings. The molecule has 338 valence electrons. The van der Waals surface area contributed by atoms with Crippen molar-refractivity contribution in [1.82, 2.24) is 44.8 Å². The lowest BCUT2D eigenvalue weighted by atomic mass is 10.1. The Bertz CT molecular complexity index is 2680. The van der Waals surface area contributed by atoms with E-state index in [1.165, 1.54) is 6.07 Å². The highest BCUT2D eigenvalue weighted by Crippen LogP contribution is 2.33. The van der Waals surface area contributed by atoms with Crippen LogP contribution >= 0.6 is 23.2 Å². The van der Waals surface area contributed by atoms with Crippen LogP contribution in [-0.2, 0) is 27.2 Å². The van der Waals surface area contributed by atoms with Crippen molar-refractivity contribution in [3.05, 3.63) is 125 Å². The first kappa shape index (κ1) is 49.3. The zero-order valence-corrected chi connectivity index (χ0v) is 38.2. The van der Waals surface area contributed by atoms with Gasteiger partial charge < -0.3 is 35.6 Å². The maximum Gasteiger partial charge on any atom is 0.337 e. The molecule has 20 heteroatoms. The number of hydrogen-bond donors (Lipinski definition) is 5. The Kier molecular flexibility index (Phi) is 18.1. The normalized spacial score (nSPS) is 10.8. The highest BCUT2D eigenvalue weighted by atomic mass is 35.5. The van der Waals surface area contributed by atoms with E-state index in [0.717, 1.165) is 28.1 Å². The Labute approximate surface area is 375 Å². The van der Waals surface area contributed by atoms with Crippen molar-refractivity contribution < 1.29 is 29.9 Å². The lowest BCUT2D eigenvalue weighted by molar-refractivity contribution is 0.0695. The average Bonchev–Trinajstić information content (AvgIpc) is 3.84. The van der Waals surface area contributed by atoms with Crippen LogP contribution in [-0.4, -0.2) is 75.8 Å². The number of aromatic carboxylic acids is 1. The van der Waals surface area contributed by atoms with Crippen LogP contribution in [0, 0.1) is 27.7 Å². The highest BCUT2D eigenvalue weighted by molar-refractivity contribution is 6.35. The van der Waals surface area contributed by atoms with Gasteiger partial charge in [-0.05, 0) is 90.8 Å². The molecule has 63 heavy (non-hydrogen) atoms. The number of aromatic amines is 2. The Balaban J connectivity index is 0.000000274. The van der Waals surface area contributed by atoms with Crippen molar-refractivity contribution in [1.29, 1.82) is 0 Å². The van der Waals surface area contributed by atoms with Gasteiger partial charge in [-0.1, -0.05) is 23.2 Å². The smallest absolute Gasteiger partial charge is 0.337 e. The van der Waals surface area contributed by atoms with E-state index >= 15 is 0 Å². The molecular weight excluding hydrogens is 858 g/mol. The van der Waals surface area contributed by atoms with Crippen molar-refractivity contribution in [2.45, 2.75) is 80.7 Å². The van der Waals surface area contributed by atoms with E-state index in [9.17, 15) is 28.7 Å². The molecular formula is C43H53Cl2FN10O7. The molecule has 6 heterocycles. The van der Waals surface area contributed by atoms with Crippen molar-refractivity contribution in [2.24, 2.45) is 19.8 Å². The number of pyridine rings is 4. The summed E-state index contributed by atoms with van der Waals surface area (Å²) in [6.07, 6.45) is 6.43. The quantitative estimate of drug-likeness (QED) is 0.0901. The topological polar surface area (TPSA) is 238 Å². The molecule has 6 rings (SSSR count). The number of aryl methyl sites for hydroxylation is 6. The van der Waals surface area contributed by atoms with Crippen LogP contribution in [0.1, 0.15) is 83.4 Å². The van der Waals surface area contributed by atoms with Gasteiger partial charge in [0, 0.05) is 73.2 Å². The van der Waals surface area contributed by atoms with Gasteiger partial charge in [0.1, 0.15) is 10.0 Å². The first-order valence-corrected chi connectivity index (χ1v) is 20.0. The fourth-order valence-electron chi connectivity index (χ4n) is 5.84. The van der Waals surface area contributed by atoms with E-state index in [1.54, 1.807) is 54.3 Å². The lowest BCUT2D eigenvalue weighted by Gasteiger charge is -2.15. The number of nitrogens with zero attached hydrogens (tertiary/aromatic N) is 6. The summed E-state index contributed by atoms with van der Waals surface area (Å²) in [6.45, 7) is 15.1. The highest BCUT2D eigenvalue weighted by Gasteiger charge is 2.22. The predicted molar refractivity (Wildman–Crippen MR) is 241 cm³/mol. The first-order valence-electron chi connectivity index (χ1n) is 20.0. The molecule has 0 aliphatic rings. The molecule has 0 aliphatic carbocycles. The summed E-state index contributed by atoms with van der Waals surface area (Å²) in [6, 6.07) is 6.78. The Morgan fingerprint density at radius 1 is 0.810 bits per heavy atom. The summed E-state index contributed by atoms with van der Waals surface area (Å²) < 4.78 is 29.9. The van der Waals surface area contributed by atoms with Gasteiger partial charge in [-0.25, -0.2) is 14.8 Å². The summed E-state index contributed by atoms with van der Waals surface area (Å²) in [5.41, 5.74) is 12.2. The Hall–Kier alpha value is -6.37. The number of nitrogens with one attached hydrogen (secondary N) is 3. The molecule has 17 nitrogen and oxygen atoms in total. The standard InChI is InChI=1S/C21H24ClN5O3.C13H14ClN3O3.C8H12N2O.CH3F/c1-11(2)30-21-18(22)15(7-17(26-21)14-8-24-27(5)10-14)19(28)23-9-16-12(3)6-13(4)25-20(16)29;1-7(2)20-12-11(14)9(13(18)19)4-10(16-12)8-5-15-17(3)6-8;1-5-3-6(2)10-8(11)7(5)4-9;1-2/h6-8,10-11H,9H2,1-5H3,(H,23,28)(H,25,29);4-7H,1-3H3,(H,18,19);3H,4,9H2,1-2H3,(H,10,11);1H3/i;;;1D. The van der Waals surface area contributed by atoms with Crippen molar-refractivity contribution in [2.75, 3.05) is 7.15 Å².